The van der Waals surface area contributed by atoms with Gasteiger partial charge in [0.15, 0.2) is 0 Å². The number of aliphatic imine (C=N–C) groups is 1. The van der Waals surface area contributed by atoms with Crippen LogP contribution in [-0.4, -0.2) is 18.9 Å². The van der Waals surface area contributed by atoms with Gasteiger partial charge in [0.05, 0.1) is 12.9 Å². The van der Waals surface area contributed by atoms with Crippen molar-refractivity contribution in [3.8, 4) is 0 Å². The van der Waals surface area contributed by atoms with Crippen molar-refractivity contribution in [1.29, 1.82) is 0 Å². The van der Waals surface area contributed by atoms with E-state index in [1.54, 1.807) is 6.08 Å². The molecule has 0 aliphatic rings. The number of hydrazine groups is 1. The van der Waals surface area contributed by atoms with Crippen LogP contribution in [0.5, 0.6) is 0 Å². The molecule has 0 aromatic carbocycles. The lowest BCUT2D eigenvalue weighted by Crippen LogP contribution is -2.23. The van der Waals surface area contributed by atoms with Crippen LogP contribution in [0.2, 0.25) is 0 Å². The molecule has 0 aromatic rings. The summed E-state index contributed by atoms with van der Waals surface area (Å²) >= 11 is 0. The lowest BCUT2D eigenvalue weighted by molar-refractivity contribution is 0.823. The van der Waals surface area contributed by atoms with Crippen molar-refractivity contribution in [2.75, 3.05) is 6.54 Å². The second kappa shape index (κ2) is 5.27. The molecule has 0 amide bonds. The Hall–Kier alpha value is -0.870. The average Bonchev–Trinajstić information content (AvgIpc) is 1.89. The molecule has 0 aromatic heterocycles. The third kappa shape index (κ3) is 4.99. The van der Waals surface area contributed by atoms with Crippen LogP contribution < -0.4 is 17.0 Å². The molecule has 52 valence electrons. The number of hydrogen-bond acceptors (Lipinski definition) is 3. The highest BCUT2D eigenvalue weighted by atomic mass is 15.2. The maximum atomic E-state index is 5.41. The molecule has 0 fully saturated rings. The van der Waals surface area contributed by atoms with Gasteiger partial charge in [-0.3, -0.25) is 4.99 Å². The molecule has 5 N–H and O–H groups in total. The molecule has 0 rings (SSSR count). The summed E-state index contributed by atoms with van der Waals surface area (Å²) in [6, 6.07) is -0.0744. The first-order chi connectivity index (χ1) is 4.31. The smallest absolute Gasteiger partial charge is 0.0964 e. The van der Waals surface area contributed by atoms with Crippen molar-refractivity contribution < 1.29 is 0 Å². The summed E-state index contributed by atoms with van der Waals surface area (Å²) in [7, 11) is 0. The van der Waals surface area contributed by atoms with Gasteiger partial charge < -0.3 is 11.2 Å². The summed E-state index contributed by atoms with van der Waals surface area (Å²) in [5, 5.41) is 0. The van der Waals surface area contributed by atoms with E-state index in [1.807, 2.05) is 0 Å². The lowest BCUT2D eigenvalue weighted by atomic mass is 10.3. The normalized spacial score (nSPS) is 13.6. The van der Waals surface area contributed by atoms with Gasteiger partial charge in [0, 0.05) is 6.04 Å². The van der Waals surface area contributed by atoms with E-state index >= 15 is 0 Å². The third-order valence-corrected chi connectivity index (χ3v) is 0.785. The van der Waals surface area contributed by atoms with E-state index in [-0.39, 0.29) is 6.04 Å². The molecule has 0 saturated carbocycles. The maximum absolute atomic E-state index is 5.41. The Labute approximate surface area is 54.6 Å². The molecule has 0 bridgehead atoms. The van der Waals surface area contributed by atoms with Crippen LogP contribution in [-0.2, 0) is 0 Å². The fourth-order valence-corrected chi connectivity index (χ4v) is 0.302. The van der Waals surface area contributed by atoms with Gasteiger partial charge in [0.25, 0.3) is 0 Å². The summed E-state index contributed by atoms with van der Waals surface area (Å²) in [4.78, 5) is 3.80. The van der Waals surface area contributed by atoms with Gasteiger partial charge in [-0.25, -0.2) is 5.84 Å². The van der Waals surface area contributed by atoms with Gasteiger partial charge in [-0.2, -0.15) is 0 Å². The van der Waals surface area contributed by atoms with Gasteiger partial charge in [-0.15, -0.1) is 6.58 Å². The maximum Gasteiger partial charge on any atom is 0.0964 e. The zero-order chi connectivity index (χ0) is 7.11. The fourth-order valence-electron chi connectivity index (χ4n) is 0.302. The van der Waals surface area contributed by atoms with Crippen LogP contribution in [0.15, 0.2) is 17.6 Å². The minimum Gasteiger partial charge on any atom is -0.323 e. The summed E-state index contributed by atoms with van der Waals surface area (Å²) in [6.07, 6.45) is 3.03. The predicted molar refractivity (Wildman–Crippen MR) is 38.9 cm³/mol. The van der Waals surface area contributed by atoms with Crippen molar-refractivity contribution in [2.45, 2.75) is 6.04 Å². The van der Waals surface area contributed by atoms with Gasteiger partial charge in [0.2, 0.25) is 0 Å². The zero-order valence-electron chi connectivity index (χ0n) is 5.25. The monoisotopic (exact) mass is 128 g/mol. The van der Waals surface area contributed by atoms with Gasteiger partial charge >= 0.3 is 0 Å². The average molecular weight is 128 g/mol. The largest absolute Gasteiger partial charge is 0.323 e. The van der Waals surface area contributed by atoms with Crippen LogP contribution in [0.1, 0.15) is 0 Å². The van der Waals surface area contributed by atoms with E-state index in [0.717, 1.165) is 0 Å². The standard InChI is InChI=1S/C5H12N4/c1-2-5(6)3-8-4-9-7/h2,4-5H,1,3,6-7H2,(H,8,9). The number of nitrogens with zero attached hydrogens (tertiary/aromatic N) is 1. The zero-order valence-corrected chi connectivity index (χ0v) is 5.25. The SMILES string of the molecule is C=CC(N)CN=CNN. The van der Waals surface area contributed by atoms with Crippen LogP contribution in [0, 0.1) is 0 Å². The highest BCUT2D eigenvalue weighted by molar-refractivity contribution is 5.53. The van der Waals surface area contributed by atoms with E-state index in [4.69, 9.17) is 11.6 Å². The first-order valence-corrected chi connectivity index (χ1v) is 2.63. The van der Waals surface area contributed by atoms with Crippen molar-refractivity contribution in [3.63, 3.8) is 0 Å². The molecule has 9 heavy (non-hydrogen) atoms. The Morgan fingerprint density at radius 3 is 2.89 bits per heavy atom. The highest BCUT2D eigenvalue weighted by Crippen LogP contribution is 1.77. The fraction of sp³-hybridized carbons (Fsp3) is 0.400. The number of nitrogens with two attached hydrogens (primary N) is 2. The molecule has 0 heterocycles. The molecule has 1 atom stereocenters. The molecule has 0 spiro atoms. The minimum absolute atomic E-state index is 0.0744. The molecular formula is C5H12N4. The van der Waals surface area contributed by atoms with E-state index in [0.29, 0.717) is 6.54 Å². The summed E-state index contributed by atoms with van der Waals surface area (Å²) in [5.41, 5.74) is 7.68. The van der Waals surface area contributed by atoms with Crippen LogP contribution in [0.4, 0.5) is 0 Å². The first-order valence-electron chi connectivity index (χ1n) is 2.63. The highest BCUT2D eigenvalue weighted by Gasteiger charge is 1.89. The van der Waals surface area contributed by atoms with Crippen LogP contribution >= 0.6 is 0 Å². The van der Waals surface area contributed by atoms with Gasteiger partial charge in [0.1, 0.15) is 0 Å². The number of hydrogen-bond donors (Lipinski definition) is 3. The molecule has 4 heteroatoms. The van der Waals surface area contributed by atoms with E-state index in [2.05, 4.69) is 17.0 Å². The molecule has 0 aliphatic heterocycles. The minimum atomic E-state index is -0.0744. The molecule has 1 unspecified atom stereocenters. The number of nitrogens with one attached hydrogen (secondary N) is 1. The first kappa shape index (κ1) is 8.13. The second-order valence-corrected chi connectivity index (χ2v) is 1.56. The third-order valence-electron chi connectivity index (χ3n) is 0.785. The Morgan fingerprint density at radius 2 is 2.44 bits per heavy atom. The lowest BCUT2D eigenvalue weighted by Gasteiger charge is -1.98. The van der Waals surface area contributed by atoms with Crippen molar-refractivity contribution >= 4 is 6.34 Å². The van der Waals surface area contributed by atoms with Crippen LogP contribution in [0.3, 0.4) is 0 Å². The van der Waals surface area contributed by atoms with Crippen LogP contribution in [0.25, 0.3) is 0 Å². The summed E-state index contributed by atoms with van der Waals surface area (Å²) in [6.45, 7) is 4.01. The Bertz CT molecular complexity index is 99.1. The van der Waals surface area contributed by atoms with E-state index in [1.165, 1.54) is 6.34 Å². The molecule has 0 saturated heterocycles. The summed E-state index contributed by atoms with van der Waals surface area (Å²) in [5.74, 6) is 4.89. The second-order valence-electron chi connectivity index (χ2n) is 1.56. The van der Waals surface area contributed by atoms with E-state index in [9.17, 15) is 0 Å². The number of rotatable bonds is 4. The van der Waals surface area contributed by atoms with Crippen molar-refractivity contribution in [3.05, 3.63) is 12.7 Å². The molecular weight excluding hydrogens is 116 g/mol. The predicted octanol–water partition coefficient (Wildman–Crippen LogP) is -1.01. The Balaban J connectivity index is 3.25. The molecule has 4 nitrogen and oxygen atoms in total. The summed E-state index contributed by atoms with van der Waals surface area (Å²) < 4.78 is 0. The van der Waals surface area contributed by atoms with Gasteiger partial charge in [-0.05, 0) is 0 Å². The topological polar surface area (TPSA) is 76.4 Å². The van der Waals surface area contributed by atoms with Crippen molar-refractivity contribution in [1.82, 2.24) is 5.43 Å². The Kier molecular flexibility index (Phi) is 4.76. The van der Waals surface area contributed by atoms with Crippen molar-refractivity contribution in [2.24, 2.45) is 16.6 Å². The van der Waals surface area contributed by atoms with E-state index < -0.39 is 0 Å². The van der Waals surface area contributed by atoms with Gasteiger partial charge in [-0.1, -0.05) is 6.08 Å². The quantitative estimate of drug-likeness (QED) is 0.149. The molecule has 0 aliphatic carbocycles. The molecule has 0 radical (unpaired) electrons. The Morgan fingerprint density at radius 1 is 1.78 bits per heavy atom.